The third-order valence-corrected chi connectivity index (χ3v) is 4.63. The standard InChI is InChI=1S/C13H20N2O3S/c1-4-19(17,18)12-7-5-11(6-8-12)13(16)15(3)10-9-14-2/h5-8,14H,4,9-10H2,1-3H3. The van der Waals surface area contributed by atoms with Crippen molar-refractivity contribution in [3.05, 3.63) is 29.8 Å². The highest BCUT2D eigenvalue weighted by molar-refractivity contribution is 7.91. The summed E-state index contributed by atoms with van der Waals surface area (Å²) in [5, 5.41) is 2.97. The average molecular weight is 284 g/mol. The van der Waals surface area contributed by atoms with E-state index in [9.17, 15) is 13.2 Å². The molecule has 1 N–H and O–H groups in total. The Hall–Kier alpha value is -1.40. The molecule has 0 bridgehead atoms. The second kappa shape index (κ2) is 6.68. The number of nitrogens with zero attached hydrogens (tertiary/aromatic N) is 1. The molecular formula is C13H20N2O3S. The lowest BCUT2D eigenvalue weighted by Crippen LogP contribution is -2.32. The van der Waals surface area contributed by atoms with Crippen LogP contribution in [0, 0.1) is 0 Å². The number of nitrogens with one attached hydrogen (secondary N) is 1. The van der Waals surface area contributed by atoms with Crippen LogP contribution in [0.2, 0.25) is 0 Å². The van der Waals surface area contributed by atoms with Gasteiger partial charge in [0.2, 0.25) is 0 Å². The molecule has 0 aliphatic heterocycles. The third kappa shape index (κ3) is 4.04. The average Bonchev–Trinajstić information content (AvgIpc) is 2.44. The van der Waals surface area contributed by atoms with E-state index >= 15 is 0 Å². The lowest BCUT2D eigenvalue weighted by atomic mass is 10.2. The van der Waals surface area contributed by atoms with Crippen LogP contribution in [0.5, 0.6) is 0 Å². The molecule has 0 saturated carbocycles. The molecule has 1 rings (SSSR count). The fourth-order valence-electron chi connectivity index (χ4n) is 1.57. The summed E-state index contributed by atoms with van der Waals surface area (Å²) in [6.45, 7) is 2.91. The molecule has 0 spiro atoms. The lowest BCUT2D eigenvalue weighted by molar-refractivity contribution is 0.0797. The largest absolute Gasteiger partial charge is 0.340 e. The predicted octanol–water partition coefficient (Wildman–Crippen LogP) is 0.772. The molecule has 0 unspecified atom stereocenters. The van der Waals surface area contributed by atoms with Crippen molar-refractivity contribution in [3.63, 3.8) is 0 Å². The Kier molecular flexibility index (Phi) is 5.50. The SMILES string of the molecule is CCS(=O)(=O)c1ccc(C(=O)N(C)CCNC)cc1. The Balaban J connectivity index is 2.85. The molecule has 1 aromatic carbocycles. The van der Waals surface area contributed by atoms with E-state index in [4.69, 9.17) is 0 Å². The Morgan fingerprint density at radius 3 is 2.32 bits per heavy atom. The molecule has 0 aliphatic carbocycles. The molecule has 0 fully saturated rings. The van der Waals surface area contributed by atoms with Crippen LogP contribution in [0.3, 0.4) is 0 Å². The molecule has 0 aromatic heterocycles. The Morgan fingerprint density at radius 2 is 1.84 bits per heavy atom. The Labute approximate surface area is 114 Å². The quantitative estimate of drug-likeness (QED) is 0.838. The van der Waals surface area contributed by atoms with E-state index in [1.54, 1.807) is 31.0 Å². The molecule has 0 radical (unpaired) electrons. The number of benzene rings is 1. The lowest BCUT2D eigenvalue weighted by Gasteiger charge is -2.17. The molecule has 1 amide bonds. The minimum atomic E-state index is -3.21. The summed E-state index contributed by atoms with van der Waals surface area (Å²) in [7, 11) is 0.331. The highest BCUT2D eigenvalue weighted by Crippen LogP contribution is 2.13. The van der Waals surface area contributed by atoms with E-state index in [1.807, 2.05) is 7.05 Å². The van der Waals surface area contributed by atoms with Crippen LogP contribution in [0.15, 0.2) is 29.2 Å². The van der Waals surface area contributed by atoms with Crippen LogP contribution in [0.1, 0.15) is 17.3 Å². The second-order valence-electron chi connectivity index (χ2n) is 4.26. The van der Waals surface area contributed by atoms with Gasteiger partial charge in [-0.3, -0.25) is 4.79 Å². The number of sulfone groups is 1. The molecule has 0 heterocycles. The maximum atomic E-state index is 12.0. The van der Waals surface area contributed by atoms with Gasteiger partial charge in [0.15, 0.2) is 9.84 Å². The summed E-state index contributed by atoms with van der Waals surface area (Å²) in [5.74, 6) is -0.0572. The van der Waals surface area contributed by atoms with Crippen molar-refractivity contribution in [3.8, 4) is 0 Å². The number of likely N-dealkylation sites (N-methyl/N-ethyl adjacent to an activating group) is 2. The van der Waals surface area contributed by atoms with Crippen molar-refractivity contribution in [2.45, 2.75) is 11.8 Å². The number of carbonyl (C=O) groups is 1. The van der Waals surface area contributed by atoms with Gasteiger partial charge in [0.1, 0.15) is 0 Å². The fraction of sp³-hybridized carbons (Fsp3) is 0.462. The minimum absolute atomic E-state index is 0.0579. The molecule has 0 saturated heterocycles. The smallest absolute Gasteiger partial charge is 0.253 e. The first-order valence-corrected chi connectivity index (χ1v) is 7.80. The first kappa shape index (κ1) is 15.7. The van der Waals surface area contributed by atoms with E-state index in [1.165, 1.54) is 12.1 Å². The van der Waals surface area contributed by atoms with Gasteiger partial charge >= 0.3 is 0 Å². The van der Waals surface area contributed by atoms with Crippen molar-refractivity contribution in [2.75, 3.05) is 32.9 Å². The van der Waals surface area contributed by atoms with Crippen molar-refractivity contribution < 1.29 is 13.2 Å². The monoisotopic (exact) mass is 284 g/mol. The molecule has 6 heteroatoms. The summed E-state index contributed by atoms with van der Waals surface area (Å²) < 4.78 is 23.3. The number of hydrogen-bond acceptors (Lipinski definition) is 4. The molecule has 19 heavy (non-hydrogen) atoms. The van der Waals surface area contributed by atoms with Crippen LogP contribution in [0.4, 0.5) is 0 Å². The Bertz CT molecular complexity index is 523. The van der Waals surface area contributed by atoms with Crippen molar-refractivity contribution in [1.82, 2.24) is 10.2 Å². The van der Waals surface area contributed by atoms with Gasteiger partial charge in [0.05, 0.1) is 10.6 Å². The zero-order valence-corrected chi connectivity index (χ0v) is 12.3. The molecular weight excluding hydrogens is 264 g/mol. The summed E-state index contributed by atoms with van der Waals surface area (Å²) in [4.78, 5) is 13.9. The minimum Gasteiger partial charge on any atom is -0.340 e. The van der Waals surface area contributed by atoms with Gasteiger partial charge in [0.25, 0.3) is 5.91 Å². The van der Waals surface area contributed by atoms with E-state index in [-0.39, 0.29) is 16.6 Å². The van der Waals surface area contributed by atoms with Crippen LogP contribution in [-0.2, 0) is 9.84 Å². The Morgan fingerprint density at radius 1 is 1.26 bits per heavy atom. The highest BCUT2D eigenvalue weighted by Gasteiger charge is 2.14. The first-order chi connectivity index (χ1) is 8.92. The first-order valence-electron chi connectivity index (χ1n) is 6.15. The summed E-state index contributed by atoms with van der Waals surface area (Å²) in [5.41, 5.74) is 0.494. The zero-order valence-electron chi connectivity index (χ0n) is 11.5. The summed E-state index contributed by atoms with van der Waals surface area (Å²) >= 11 is 0. The fourth-order valence-corrected chi connectivity index (χ4v) is 2.46. The topological polar surface area (TPSA) is 66.5 Å². The van der Waals surface area contributed by atoms with Crippen molar-refractivity contribution in [1.29, 1.82) is 0 Å². The zero-order chi connectivity index (χ0) is 14.5. The normalized spacial score (nSPS) is 11.3. The van der Waals surface area contributed by atoms with Crippen LogP contribution in [-0.4, -0.2) is 52.2 Å². The molecule has 5 nitrogen and oxygen atoms in total. The van der Waals surface area contributed by atoms with Gasteiger partial charge < -0.3 is 10.2 Å². The van der Waals surface area contributed by atoms with Crippen LogP contribution < -0.4 is 5.32 Å². The third-order valence-electron chi connectivity index (χ3n) is 2.88. The molecule has 106 valence electrons. The summed E-state index contributed by atoms with van der Waals surface area (Å²) in [6.07, 6.45) is 0. The number of hydrogen-bond donors (Lipinski definition) is 1. The molecule has 0 atom stereocenters. The molecule has 0 aliphatic rings. The van der Waals surface area contributed by atoms with E-state index in [2.05, 4.69) is 5.32 Å². The van der Waals surface area contributed by atoms with E-state index in [0.717, 1.165) is 0 Å². The van der Waals surface area contributed by atoms with Crippen molar-refractivity contribution >= 4 is 15.7 Å². The predicted molar refractivity (Wildman–Crippen MR) is 75.1 cm³/mol. The number of rotatable bonds is 6. The van der Waals surface area contributed by atoms with Gasteiger partial charge in [0, 0.05) is 25.7 Å². The number of amides is 1. The van der Waals surface area contributed by atoms with Gasteiger partial charge in [-0.25, -0.2) is 8.42 Å². The number of carbonyl (C=O) groups excluding carboxylic acids is 1. The second-order valence-corrected chi connectivity index (χ2v) is 6.54. The summed E-state index contributed by atoms with van der Waals surface area (Å²) in [6, 6.07) is 6.08. The van der Waals surface area contributed by atoms with E-state index in [0.29, 0.717) is 18.7 Å². The maximum Gasteiger partial charge on any atom is 0.253 e. The van der Waals surface area contributed by atoms with E-state index < -0.39 is 9.84 Å². The van der Waals surface area contributed by atoms with Gasteiger partial charge in [-0.2, -0.15) is 0 Å². The van der Waals surface area contributed by atoms with Crippen molar-refractivity contribution in [2.24, 2.45) is 0 Å². The highest BCUT2D eigenvalue weighted by atomic mass is 32.2. The maximum absolute atomic E-state index is 12.0. The van der Waals surface area contributed by atoms with Crippen LogP contribution >= 0.6 is 0 Å². The van der Waals surface area contributed by atoms with Gasteiger partial charge in [-0.05, 0) is 31.3 Å². The molecule has 1 aromatic rings. The van der Waals surface area contributed by atoms with Gasteiger partial charge in [-0.15, -0.1) is 0 Å². The van der Waals surface area contributed by atoms with Crippen LogP contribution in [0.25, 0.3) is 0 Å². The van der Waals surface area contributed by atoms with Gasteiger partial charge in [-0.1, -0.05) is 6.92 Å².